The van der Waals surface area contributed by atoms with E-state index in [1.165, 1.54) is 0 Å². The van der Waals surface area contributed by atoms with Crippen LogP contribution < -0.4 is 5.32 Å². The molecule has 0 amide bonds. The van der Waals surface area contributed by atoms with Gasteiger partial charge in [0.05, 0.1) is 12.7 Å². The monoisotopic (exact) mass is 179 g/mol. The Kier molecular flexibility index (Phi) is 2.75. The minimum atomic E-state index is -0.151. The summed E-state index contributed by atoms with van der Waals surface area (Å²) in [5, 5.41) is 12.5. The molecule has 66 valence electrons. The van der Waals surface area contributed by atoms with Crippen LogP contribution in [-0.2, 0) is 4.74 Å². The largest absolute Gasteiger partial charge is 0.392 e. The van der Waals surface area contributed by atoms with Crippen molar-refractivity contribution in [1.82, 2.24) is 5.32 Å². The Labute approximate surface area is 72.5 Å². The molecule has 2 N–H and O–H groups in total. The SMILES string of the molecule is Cl.O[C@@H]1CN[C@]2(CCOC2)C1. The van der Waals surface area contributed by atoms with Gasteiger partial charge in [-0.25, -0.2) is 0 Å². The van der Waals surface area contributed by atoms with Gasteiger partial charge in [0.15, 0.2) is 0 Å². The molecule has 0 aliphatic carbocycles. The number of rotatable bonds is 0. The van der Waals surface area contributed by atoms with Gasteiger partial charge in [0, 0.05) is 18.7 Å². The average molecular weight is 180 g/mol. The predicted molar refractivity (Wildman–Crippen MR) is 44.0 cm³/mol. The first kappa shape index (κ1) is 9.26. The highest BCUT2D eigenvalue weighted by Crippen LogP contribution is 2.27. The third-order valence-electron chi connectivity index (χ3n) is 2.44. The van der Waals surface area contributed by atoms with Crippen molar-refractivity contribution in [2.24, 2.45) is 0 Å². The van der Waals surface area contributed by atoms with E-state index in [2.05, 4.69) is 5.32 Å². The zero-order valence-electron chi connectivity index (χ0n) is 6.38. The van der Waals surface area contributed by atoms with Crippen molar-refractivity contribution in [3.63, 3.8) is 0 Å². The van der Waals surface area contributed by atoms with Crippen LogP contribution >= 0.6 is 12.4 Å². The van der Waals surface area contributed by atoms with Gasteiger partial charge in [0.2, 0.25) is 0 Å². The van der Waals surface area contributed by atoms with E-state index < -0.39 is 0 Å². The van der Waals surface area contributed by atoms with Crippen molar-refractivity contribution in [1.29, 1.82) is 0 Å². The second kappa shape index (κ2) is 3.27. The van der Waals surface area contributed by atoms with Crippen LogP contribution in [-0.4, -0.2) is 36.5 Å². The molecule has 11 heavy (non-hydrogen) atoms. The first-order valence-electron chi connectivity index (χ1n) is 3.82. The predicted octanol–water partition coefficient (Wildman–Crippen LogP) is -0.0785. The third-order valence-corrected chi connectivity index (χ3v) is 2.44. The number of ether oxygens (including phenoxy) is 1. The number of hydrogen-bond acceptors (Lipinski definition) is 3. The molecule has 0 bridgehead atoms. The van der Waals surface area contributed by atoms with E-state index in [1.807, 2.05) is 0 Å². The highest BCUT2D eigenvalue weighted by molar-refractivity contribution is 5.85. The number of β-amino-alcohol motifs (C(OH)–C–C–N with tert-alkyl or cyclic N) is 1. The zero-order valence-corrected chi connectivity index (χ0v) is 7.19. The smallest absolute Gasteiger partial charge is 0.0683 e. The van der Waals surface area contributed by atoms with E-state index in [1.54, 1.807) is 0 Å². The summed E-state index contributed by atoms with van der Waals surface area (Å²) in [6.45, 7) is 2.37. The molecule has 2 fully saturated rings. The lowest BCUT2D eigenvalue weighted by Crippen LogP contribution is -2.39. The first-order chi connectivity index (χ1) is 4.81. The molecule has 4 heteroatoms. The van der Waals surface area contributed by atoms with Gasteiger partial charge >= 0.3 is 0 Å². The van der Waals surface area contributed by atoms with Crippen LogP contribution in [0.3, 0.4) is 0 Å². The molecule has 2 saturated heterocycles. The number of aliphatic hydroxyl groups is 1. The molecule has 2 heterocycles. The third kappa shape index (κ3) is 1.67. The molecule has 2 rings (SSSR count). The van der Waals surface area contributed by atoms with Crippen molar-refractivity contribution >= 4 is 12.4 Å². The van der Waals surface area contributed by atoms with Crippen LogP contribution in [0.2, 0.25) is 0 Å². The van der Waals surface area contributed by atoms with E-state index in [0.717, 1.165) is 32.6 Å². The molecule has 2 aliphatic heterocycles. The quantitative estimate of drug-likeness (QED) is 0.547. The maximum Gasteiger partial charge on any atom is 0.0683 e. The van der Waals surface area contributed by atoms with Crippen molar-refractivity contribution in [3.05, 3.63) is 0 Å². The highest BCUT2D eigenvalue weighted by Gasteiger charge is 2.40. The van der Waals surface area contributed by atoms with Crippen LogP contribution in [0.1, 0.15) is 12.8 Å². The maximum absolute atomic E-state index is 9.24. The molecule has 0 unspecified atom stereocenters. The molecule has 0 aromatic heterocycles. The fourth-order valence-electron chi connectivity index (χ4n) is 1.84. The second-order valence-electron chi connectivity index (χ2n) is 3.32. The normalized spacial score (nSPS) is 42.8. The molecule has 2 atom stereocenters. The van der Waals surface area contributed by atoms with Gasteiger partial charge < -0.3 is 15.2 Å². The van der Waals surface area contributed by atoms with Gasteiger partial charge in [-0.05, 0) is 12.8 Å². The lowest BCUT2D eigenvalue weighted by atomic mass is 9.96. The van der Waals surface area contributed by atoms with Gasteiger partial charge in [0.1, 0.15) is 0 Å². The highest BCUT2D eigenvalue weighted by atomic mass is 35.5. The molecule has 0 saturated carbocycles. The topological polar surface area (TPSA) is 41.5 Å². The van der Waals surface area contributed by atoms with E-state index in [4.69, 9.17) is 4.74 Å². The van der Waals surface area contributed by atoms with Crippen LogP contribution in [0.25, 0.3) is 0 Å². The summed E-state index contributed by atoms with van der Waals surface area (Å²) >= 11 is 0. The molecule has 0 aromatic rings. The fraction of sp³-hybridized carbons (Fsp3) is 1.00. The number of aliphatic hydroxyl groups excluding tert-OH is 1. The van der Waals surface area contributed by atoms with Gasteiger partial charge in [-0.2, -0.15) is 0 Å². The van der Waals surface area contributed by atoms with Crippen LogP contribution in [0, 0.1) is 0 Å². The van der Waals surface area contributed by atoms with Crippen molar-refractivity contribution in [2.75, 3.05) is 19.8 Å². The van der Waals surface area contributed by atoms with Crippen LogP contribution in [0.4, 0.5) is 0 Å². The Balaban J connectivity index is 0.000000605. The Morgan fingerprint density at radius 2 is 2.36 bits per heavy atom. The Morgan fingerprint density at radius 3 is 2.82 bits per heavy atom. The maximum atomic E-state index is 9.24. The van der Waals surface area contributed by atoms with Crippen molar-refractivity contribution in [3.8, 4) is 0 Å². The molecule has 2 aliphatic rings. The summed E-state index contributed by atoms with van der Waals surface area (Å²) < 4.78 is 5.26. The van der Waals surface area contributed by atoms with Gasteiger partial charge in [-0.3, -0.25) is 0 Å². The number of nitrogens with one attached hydrogen (secondary N) is 1. The summed E-state index contributed by atoms with van der Waals surface area (Å²) in [5.41, 5.74) is 0.138. The first-order valence-corrected chi connectivity index (χ1v) is 3.82. The standard InChI is InChI=1S/C7H13NO2.ClH/c9-6-3-7(8-4-6)1-2-10-5-7;/h6,8-9H,1-5H2;1H/t6-,7+;/m0./s1. The average Bonchev–Trinajstić information content (AvgIpc) is 2.46. The molecule has 1 spiro atoms. The summed E-state index contributed by atoms with van der Waals surface area (Å²) in [6.07, 6.45) is 1.78. The van der Waals surface area contributed by atoms with Gasteiger partial charge in [-0.15, -0.1) is 12.4 Å². The number of halogens is 1. The van der Waals surface area contributed by atoms with E-state index in [9.17, 15) is 5.11 Å². The van der Waals surface area contributed by atoms with E-state index >= 15 is 0 Å². The van der Waals surface area contributed by atoms with Crippen LogP contribution in [0.15, 0.2) is 0 Å². The summed E-state index contributed by atoms with van der Waals surface area (Å²) in [6, 6.07) is 0. The molecule has 0 radical (unpaired) electrons. The van der Waals surface area contributed by atoms with Crippen LogP contribution in [0.5, 0.6) is 0 Å². The summed E-state index contributed by atoms with van der Waals surface area (Å²) in [5.74, 6) is 0. The fourth-order valence-corrected chi connectivity index (χ4v) is 1.84. The molecule has 3 nitrogen and oxygen atoms in total. The van der Waals surface area contributed by atoms with Gasteiger partial charge in [0.25, 0.3) is 0 Å². The lowest BCUT2D eigenvalue weighted by molar-refractivity contribution is 0.157. The summed E-state index contributed by atoms with van der Waals surface area (Å²) in [7, 11) is 0. The Hall–Kier alpha value is 0.170. The summed E-state index contributed by atoms with van der Waals surface area (Å²) in [4.78, 5) is 0. The van der Waals surface area contributed by atoms with E-state index in [-0.39, 0.29) is 24.0 Å². The Bertz CT molecular complexity index is 136. The second-order valence-corrected chi connectivity index (χ2v) is 3.32. The minimum Gasteiger partial charge on any atom is -0.392 e. The zero-order chi connectivity index (χ0) is 7.03. The lowest BCUT2D eigenvalue weighted by Gasteiger charge is -2.19. The molecule has 0 aromatic carbocycles. The number of hydrogen-bond donors (Lipinski definition) is 2. The molecular weight excluding hydrogens is 166 g/mol. The Morgan fingerprint density at radius 1 is 1.55 bits per heavy atom. The van der Waals surface area contributed by atoms with E-state index in [0.29, 0.717) is 0 Å². The van der Waals surface area contributed by atoms with Crippen molar-refractivity contribution in [2.45, 2.75) is 24.5 Å². The van der Waals surface area contributed by atoms with Gasteiger partial charge in [-0.1, -0.05) is 0 Å². The minimum absolute atomic E-state index is 0. The molecular formula is C7H14ClNO2. The van der Waals surface area contributed by atoms with Crippen molar-refractivity contribution < 1.29 is 9.84 Å².